The minimum atomic E-state index is 0.329. The van der Waals surface area contributed by atoms with Crippen molar-refractivity contribution in [3.8, 4) is 0 Å². The molecule has 17 heavy (non-hydrogen) atoms. The third kappa shape index (κ3) is 3.45. The lowest BCUT2D eigenvalue weighted by Crippen LogP contribution is -2.41. The highest BCUT2D eigenvalue weighted by Gasteiger charge is 2.34. The van der Waals surface area contributed by atoms with Gasteiger partial charge < -0.3 is 10.6 Å². The van der Waals surface area contributed by atoms with E-state index in [-0.39, 0.29) is 0 Å². The van der Waals surface area contributed by atoms with Gasteiger partial charge in [-0.3, -0.25) is 0 Å². The Morgan fingerprint density at radius 2 is 1.88 bits per heavy atom. The summed E-state index contributed by atoms with van der Waals surface area (Å²) in [6, 6.07) is 0.672. The summed E-state index contributed by atoms with van der Waals surface area (Å²) in [4.78, 5) is 0. The first-order valence-electron chi connectivity index (χ1n) is 7.37. The minimum absolute atomic E-state index is 0.329. The molecule has 2 fully saturated rings. The summed E-state index contributed by atoms with van der Waals surface area (Å²) in [7, 11) is 0. The molecule has 1 saturated heterocycles. The van der Waals surface area contributed by atoms with Crippen LogP contribution in [0.5, 0.6) is 0 Å². The second kappa shape index (κ2) is 4.89. The van der Waals surface area contributed by atoms with Crippen LogP contribution in [0.3, 0.4) is 0 Å². The molecule has 100 valence electrons. The molecule has 0 spiro atoms. The van der Waals surface area contributed by atoms with Gasteiger partial charge in [-0.25, -0.2) is 0 Å². The standard InChI is InChI=1S/C15H30N2/c1-14(2,12-7-5-6-8-12)11-16-13-9-15(3,4)17-10-13/h12-13,16-17H,5-11H2,1-4H3. The third-order valence-electron chi connectivity index (χ3n) is 4.89. The predicted molar refractivity (Wildman–Crippen MR) is 74.2 cm³/mol. The van der Waals surface area contributed by atoms with E-state index in [0.29, 0.717) is 17.0 Å². The molecule has 2 rings (SSSR count). The molecular weight excluding hydrogens is 208 g/mol. The molecule has 0 amide bonds. The van der Waals surface area contributed by atoms with Gasteiger partial charge in [0.1, 0.15) is 0 Å². The van der Waals surface area contributed by atoms with Crippen molar-refractivity contribution in [3.63, 3.8) is 0 Å². The molecule has 1 heterocycles. The SMILES string of the molecule is CC1(C)CC(NCC(C)(C)C2CCCC2)CN1. The maximum atomic E-state index is 3.79. The second-order valence-corrected chi connectivity index (χ2v) is 7.52. The van der Waals surface area contributed by atoms with E-state index in [4.69, 9.17) is 0 Å². The minimum Gasteiger partial charge on any atom is -0.312 e. The van der Waals surface area contributed by atoms with E-state index in [1.165, 1.54) is 38.6 Å². The lowest BCUT2D eigenvalue weighted by atomic mass is 9.77. The van der Waals surface area contributed by atoms with Crippen molar-refractivity contribution in [1.29, 1.82) is 0 Å². The Labute approximate surface area is 107 Å². The summed E-state index contributed by atoms with van der Waals surface area (Å²) < 4.78 is 0. The zero-order valence-electron chi connectivity index (χ0n) is 12.1. The van der Waals surface area contributed by atoms with Crippen molar-refractivity contribution in [2.75, 3.05) is 13.1 Å². The summed E-state index contributed by atoms with van der Waals surface area (Å²) in [6.07, 6.45) is 7.05. The number of hydrogen-bond donors (Lipinski definition) is 2. The molecule has 0 aromatic heterocycles. The molecule has 0 aromatic rings. The van der Waals surface area contributed by atoms with Crippen LogP contribution in [0.15, 0.2) is 0 Å². The summed E-state index contributed by atoms with van der Waals surface area (Å²) in [5, 5.41) is 7.38. The third-order valence-corrected chi connectivity index (χ3v) is 4.89. The van der Waals surface area contributed by atoms with E-state index in [9.17, 15) is 0 Å². The fourth-order valence-corrected chi connectivity index (χ4v) is 3.56. The maximum Gasteiger partial charge on any atom is 0.0210 e. The molecule has 1 aliphatic carbocycles. The summed E-state index contributed by atoms with van der Waals surface area (Å²) >= 11 is 0. The molecule has 1 aliphatic heterocycles. The Bertz CT molecular complexity index is 252. The highest BCUT2D eigenvalue weighted by atomic mass is 15.1. The Kier molecular flexibility index (Phi) is 3.84. The second-order valence-electron chi connectivity index (χ2n) is 7.52. The Balaban J connectivity index is 1.77. The molecule has 1 saturated carbocycles. The van der Waals surface area contributed by atoms with Gasteiger partial charge in [0, 0.05) is 24.7 Å². The van der Waals surface area contributed by atoms with Gasteiger partial charge in [-0.2, -0.15) is 0 Å². The zero-order chi connectivity index (χ0) is 12.5. The van der Waals surface area contributed by atoms with E-state index in [2.05, 4.69) is 38.3 Å². The van der Waals surface area contributed by atoms with Gasteiger partial charge in [0.25, 0.3) is 0 Å². The average molecular weight is 238 g/mol. The van der Waals surface area contributed by atoms with E-state index in [1.54, 1.807) is 0 Å². The lowest BCUT2D eigenvalue weighted by molar-refractivity contribution is 0.201. The molecule has 0 aromatic carbocycles. The van der Waals surface area contributed by atoms with Gasteiger partial charge in [-0.15, -0.1) is 0 Å². The molecule has 0 bridgehead atoms. The van der Waals surface area contributed by atoms with Gasteiger partial charge in [0.15, 0.2) is 0 Å². The number of rotatable bonds is 4. The fourth-order valence-electron chi connectivity index (χ4n) is 3.56. The highest BCUT2D eigenvalue weighted by Crippen LogP contribution is 2.39. The number of hydrogen-bond acceptors (Lipinski definition) is 2. The van der Waals surface area contributed by atoms with Crippen LogP contribution in [-0.2, 0) is 0 Å². The maximum absolute atomic E-state index is 3.79. The lowest BCUT2D eigenvalue weighted by Gasteiger charge is -2.33. The Morgan fingerprint density at radius 1 is 1.24 bits per heavy atom. The quantitative estimate of drug-likeness (QED) is 0.787. The van der Waals surface area contributed by atoms with Gasteiger partial charge >= 0.3 is 0 Å². The zero-order valence-corrected chi connectivity index (χ0v) is 12.1. The molecule has 1 unspecified atom stereocenters. The van der Waals surface area contributed by atoms with Crippen molar-refractivity contribution in [2.45, 2.75) is 71.4 Å². The van der Waals surface area contributed by atoms with Gasteiger partial charge in [-0.1, -0.05) is 26.7 Å². The molecule has 2 aliphatic rings. The highest BCUT2D eigenvalue weighted by molar-refractivity contribution is 4.94. The van der Waals surface area contributed by atoms with Crippen LogP contribution in [0, 0.1) is 11.3 Å². The van der Waals surface area contributed by atoms with Crippen LogP contribution in [0.25, 0.3) is 0 Å². The molecule has 2 nitrogen and oxygen atoms in total. The average Bonchev–Trinajstić information content (AvgIpc) is 2.84. The van der Waals surface area contributed by atoms with Crippen LogP contribution >= 0.6 is 0 Å². The molecule has 2 N–H and O–H groups in total. The molecule has 0 radical (unpaired) electrons. The molecular formula is C15H30N2. The Morgan fingerprint density at radius 3 is 2.41 bits per heavy atom. The normalized spacial score (nSPS) is 30.0. The summed E-state index contributed by atoms with van der Waals surface area (Å²) in [5.74, 6) is 0.942. The monoisotopic (exact) mass is 238 g/mol. The van der Waals surface area contributed by atoms with Crippen LogP contribution in [0.2, 0.25) is 0 Å². The largest absolute Gasteiger partial charge is 0.312 e. The number of nitrogens with one attached hydrogen (secondary N) is 2. The summed E-state index contributed by atoms with van der Waals surface area (Å²) in [6.45, 7) is 11.8. The van der Waals surface area contributed by atoms with Crippen molar-refractivity contribution in [3.05, 3.63) is 0 Å². The van der Waals surface area contributed by atoms with E-state index >= 15 is 0 Å². The van der Waals surface area contributed by atoms with Crippen LogP contribution in [0.4, 0.5) is 0 Å². The molecule has 1 atom stereocenters. The van der Waals surface area contributed by atoms with E-state index in [0.717, 1.165) is 12.5 Å². The van der Waals surface area contributed by atoms with Gasteiger partial charge in [0.05, 0.1) is 0 Å². The van der Waals surface area contributed by atoms with Crippen LogP contribution in [-0.4, -0.2) is 24.7 Å². The van der Waals surface area contributed by atoms with Crippen LogP contribution in [0.1, 0.15) is 59.8 Å². The van der Waals surface area contributed by atoms with Gasteiger partial charge in [-0.05, 0) is 44.4 Å². The topological polar surface area (TPSA) is 24.1 Å². The van der Waals surface area contributed by atoms with Crippen molar-refractivity contribution in [1.82, 2.24) is 10.6 Å². The van der Waals surface area contributed by atoms with Crippen LogP contribution < -0.4 is 10.6 Å². The van der Waals surface area contributed by atoms with E-state index < -0.39 is 0 Å². The van der Waals surface area contributed by atoms with Crippen molar-refractivity contribution in [2.24, 2.45) is 11.3 Å². The molecule has 2 heteroatoms. The first-order chi connectivity index (χ1) is 7.89. The Hall–Kier alpha value is -0.0800. The smallest absolute Gasteiger partial charge is 0.0210 e. The van der Waals surface area contributed by atoms with Gasteiger partial charge in [0.2, 0.25) is 0 Å². The first-order valence-corrected chi connectivity index (χ1v) is 7.37. The summed E-state index contributed by atoms with van der Waals surface area (Å²) in [5.41, 5.74) is 0.804. The first kappa shape index (κ1) is 13.4. The predicted octanol–water partition coefficient (Wildman–Crippen LogP) is 2.93. The fraction of sp³-hybridized carbons (Fsp3) is 1.00. The van der Waals surface area contributed by atoms with E-state index in [1.807, 2.05) is 0 Å². The van der Waals surface area contributed by atoms with Crippen molar-refractivity contribution < 1.29 is 0 Å². The van der Waals surface area contributed by atoms with Crippen molar-refractivity contribution >= 4 is 0 Å².